The summed E-state index contributed by atoms with van der Waals surface area (Å²) in [7, 11) is 0. The molecule has 0 radical (unpaired) electrons. The predicted octanol–water partition coefficient (Wildman–Crippen LogP) is 3.63. The van der Waals surface area contributed by atoms with Gasteiger partial charge in [-0.3, -0.25) is 4.68 Å². The summed E-state index contributed by atoms with van der Waals surface area (Å²) in [5.41, 5.74) is 1.34. The highest BCUT2D eigenvalue weighted by Gasteiger charge is 2.11. The van der Waals surface area contributed by atoms with Gasteiger partial charge in [0, 0.05) is 23.9 Å². The maximum Gasteiger partial charge on any atom is 0.132 e. The number of nitrogens with zero attached hydrogens (tertiary/aromatic N) is 2. The van der Waals surface area contributed by atoms with Crippen molar-refractivity contribution in [2.75, 3.05) is 0 Å². The number of hydrogen-bond donors (Lipinski definition) is 1. The molecule has 1 aromatic carbocycles. The Labute approximate surface area is 124 Å². The standard InChI is InChI=1S/C16H21FN2O2/c1-4-11(2)19-8-7-14(18-19)10-21-16-9-13(17)5-6-15(16)12(3)20/h5-9,11-12,20H,4,10H2,1-3H3/t11?,12-/m0/s1. The summed E-state index contributed by atoms with van der Waals surface area (Å²) in [6.45, 7) is 6.06. The quantitative estimate of drug-likeness (QED) is 0.884. The topological polar surface area (TPSA) is 47.3 Å². The van der Waals surface area contributed by atoms with Crippen molar-refractivity contribution in [1.82, 2.24) is 9.78 Å². The number of rotatable bonds is 6. The third-order valence-electron chi connectivity index (χ3n) is 3.51. The first-order chi connectivity index (χ1) is 10.0. The van der Waals surface area contributed by atoms with Crippen molar-refractivity contribution in [2.45, 2.75) is 45.9 Å². The fraction of sp³-hybridized carbons (Fsp3) is 0.438. The van der Waals surface area contributed by atoms with Gasteiger partial charge in [0.25, 0.3) is 0 Å². The fourth-order valence-corrected chi connectivity index (χ4v) is 2.02. The zero-order chi connectivity index (χ0) is 15.4. The Kier molecular flexibility index (Phi) is 4.96. The summed E-state index contributed by atoms with van der Waals surface area (Å²) in [6, 6.07) is 6.35. The zero-order valence-corrected chi connectivity index (χ0v) is 12.6. The lowest BCUT2D eigenvalue weighted by Crippen LogP contribution is -2.06. The molecule has 0 amide bonds. The largest absolute Gasteiger partial charge is 0.487 e. The van der Waals surface area contributed by atoms with Crippen molar-refractivity contribution < 1.29 is 14.2 Å². The van der Waals surface area contributed by atoms with Gasteiger partial charge >= 0.3 is 0 Å². The van der Waals surface area contributed by atoms with Crippen LogP contribution in [0, 0.1) is 5.82 Å². The summed E-state index contributed by atoms with van der Waals surface area (Å²) in [4.78, 5) is 0. The number of aliphatic hydroxyl groups excluding tert-OH is 1. The molecule has 1 heterocycles. The minimum absolute atomic E-state index is 0.243. The minimum Gasteiger partial charge on any atom is -0.487 e. The number of benzene rings is 1. The van der Waals surface area contributed by atoms with Crippen molar-refractivity contribution >= 4 is 0 Å². The highest BCUT2D eigenvalue weighted by Crippen LogP contribution is 2.26. The number of halogens is 1. The molecule has 1 N–H and O–H groups in total. The van der Waals surface area contributed by atoms with E-state index in [2.05, 4.69) is 18.9 Å². The third-order valence-corrected chi connectivity index (χ3v) is 3.51. The minimum atomic E-state index is -0.710. The van der Waals surface area contributed by atoms with Gasteiger partial charge in [0.1, 0.15) is 18.2 Å². The van der Waals surface area contributed by atoms with Gasteiger partial charge in [-0.05, 0) is 38.5 Å². The van der Waals surface area contributed by atoms with Crippen LogP contribution in [0.3, 0.4) is 0 Å². The molecule has 0 fully saturated rings. The van der Waals surface area contributed by atoms with E-state index in [1.165, 1.54) is 18.2 Å². The van der Waals surface area contributed by atoms with E-state index >= 15 is 0 Å². The second-order valence-electron chi connectivity index (χ2n) is 5.19. The highest BCUT2D eigenvalue weighted by atomic mass is 19.1. The lowest BCUT2D eigenvalue weighted by atomic mass is 10.1. The van der Waals surface area contributed by atoms with Crippen molar-refractivity contribution in [3.8, 4) is 5.75 Å². The van der Waals surface area contributed by atoms with Crippen LogP contribution in [-0.4, -0.2) is 14.9 Å². The average molecular weight is 292 g/mol. The summed E-state index contributed by atoms with van der Waals surface area (Å²) < 4.78 is 20.8. The van der Waals surface area contributed by atoms with Gasteiger partial charge < -0.3 is 9.84 Å². The number of hydrogen-bond acceptors (Lipinski definition) is 3. The van der Waals surface area contributed by atoms with Crippen LogP contribution in [-0.2, 0) is 6.61 Å². The molecule has 2 aromatic rings. The summed E-state index contributed by atoms with van der Waals surface area (Å²) in [5.74, 6) is -0.0392. The maximum atomic E-state index is 13.3. The zero-order valence-electron chi connectivity index (χ0n) is 12.6. The molecule has 0 aliphatic heterocycles. The monoisotopic (exact) mass is 292 g/mol. The van der Waals surface area contributed by atoms with Crippen LogP contribution in [0.25, 0.3) is 0 Å². The lowest BCUT2D eigenvalue weighted by molar-refractivity contribution is 0.189. The molecule has 0 aliphatic rings. The van der Waals surface area contributed by atoms with Gasteiger partial charge in [0.2, 0.25) is 0 Å². The predicted molar refractivity (Wildman–Crippen MR) is 78.6 cm³/mol. The van der Waals surface area contributed by atoms with E-state index < -0.39 is 6.10 Å². The van der Waals surface area contributed by atoms with Crippen LogP contribution < -0.4 is 4.74 Å². The first-order valence-corrected chi connectivity index (χ1v) is 7.15. The highest BCUT2D eigenvalue weighted by molar-refractivity contribution is 5.35. The van der Waals surface area contributed by atoms with Gasteiger partial charge in [-0.15, -0.1) is 0 Å². The van der Waals surface area contributed by atoms with Gasteiger partial charge in [-0.1, -0.05) is 6.92 Å². The van der Waals surface area contributed by atoms with E-state index in [0.29, 0.717) is 17.4 Å². The first kappa shape index (κ1) is 15.5. The van der Waals surface area contributed by atoms with Crippen molar-refractivity contribution in [3.05, 3.63) is 47.5 Å². The van der Waals surface area contributed by atoms with Gasteiger partial charge in [0.15, 0.2) is 0 Å². The maximum absolute atomic E-state index is 13.3. The van der Waals surface area contributed by atoms with Crippen molar-refractivity contribution in [2.24, 2.45) is 0 Å². The fourth-order valence-electron chi connectivity index (χ4n) is 2.02. The molecule has 0 bridgehead atoms. The molecule has 0 saturated carbocycles. The first-order valence-electron chi connectivity index (χ1n) is 7.15. The van der Waals surface area contributed by atoms with Crippen LogP contribution >= 0.6 is 0 Å². The van der Waals surface area contributed by atoms with E-state index in [0.717, 1.165) is 12.1 Å². The molecule has 0 saturated heterocycles. The Hall–Kier alpha value is -1.88. The second kappa shape index (κ2) is 6.72. The molecule has 0 spiro atoms. The normalized spacial score (nSPS) is 14.0. The Bertz CT molecular complexity index is 596. The van der Waals surface area contributed by atoms with Crippen LogP contribution in [0.5, 0.6) is 5.75 Å². The van der Waals surface area contributed by atoms with Crippen LogP contribution in [0.1, 0.15) is 50.6 Å². The molecule has 5 heteroatoms. The Morgan fingerprint density at radius 2 is 2.10 bits per heavy atom. The smallest absolute Gasteiger partial charge is 0.132 e. The molecular weight excluding hydrogens is 271 g/mol. The molecule has 2 rings (SSSR count). The number of aromatic nitrogens is 2. The van der Waals surface area contributed by atoms with Crippen LogP contribution in [0.2, 0.25) is 0 Å². The van der Waals surface area contributed by atoms with E-state index in [9.17, 15) is 9.50 Å². The van der Waals surface area contributed by atoms with Crippen molar-refractivity contribution in [3.63, 3.8) is 0 Å². The molecule has 1 unspecified atom stereocenters. The number of aliphatic hydroxyl groups is 1. The molecule has 4 nitrogen and oxygen atoms in total. The molecule has 0 aliphatic carbocycles. The van der Waals surface area contributed by atoms with Gasteiger partial charge in [-0.25, -0.2) is 4.39 Å². The van der Waals surface area contributed by atoms with E-state index in [-0.39, 0.29) is 12.4 Å². The molecular formula is C16H21FN2O2. The van der Waals surface area contributed by atoms with Gasteiger partial charge in [-0.2, -0.15) is 5.10 Å². The molecule has 1 aromatic heterocycles. The third kappa shape index (κ3) is 3.82. The van der Waals surface area contributed by atoms with Crippen LogP contribution in [0.15, 0.2) is 30.5 Å². The Morgan fingerprint density at radius 3 is 2.76 bits per heavy atom. The number of ether oxygens (including phenoxy) is 1. The SMILES string of the molecule is CCC(C)n1ccc(COc2cc(F)ccc2[C@H](C)O)n1. The molecule has 2 atom stereocenters. The van der Waals surface area contributed by atoms with Gasteiger partial charge in [0.05, 0.1) is 11.8 Å². The van der Waals surface area contributed by atoms with Crippen LogP contribution in [0.4, 0.5) is 4.39 Å². The van der Waals surface area contributed by atoms with E-state index in [1.807, 2.05) is 16.9 Å². The Balaban J connectivity index is 2.09. The molecule has 21 heavy (non-hydrogen) atoms. The van der Waals surface area contributed by atoms with Crippen molar-refractivity contribution in [1.29, 1.82) is 0 Å². The molecule has 114 valence electrons. The van der Waals surface area contributed by atoms with E-state index in [4.69, 9.17) is 4.74 Å². The van der Waals surface area contributed by atoms with E-state index in [1.54, 1.807) is 6.92 Å². The summed E-state index contributed by atoms with van der Waals surface area (Å²) in [5, 5.41) is 14.1. The summed E-state index contributed by atoms with van der Waals surface area (Å²) >= 11 is 0. The second-order valence-corrected chi connectivity index (χ2v) is 5.19. The lowest BCUT2D eigenvalue weighted by Gasteiger charge is -2.13. The summed E-state index contributed by atoms with van der Waals surface area (Å²) in [6.07, 6.45) is 2.20. The average Bonchev–Trinajstić information content (AvgIpc) is 2.93. The Morgan fingerprint density at radius 1 is 1.33 bits per heavy atom.